The average molecular weight is 315 g/mol. The number of amides is 1. The lowest BCUT2D eigenvalue weighted by molar-refractivity contribution is -0.121. The van der Waals surface area contributed by atoms with E-state index < -0.39 is 0 Å². The van der Waals surface area contributed by atoms with Gasteiger partial charge in [-0.25, -0.2) is 0 Å². The minimum atomic E-state index is 0.0221. The molecular formula is C19H29N3O. The van der Waals surface area contributed by atoms with Crippen LogP contribution < -0.4 is 10.6 Å². The molecule has 1 aromatic rings. The summed E-state index contributed by atoms with van der Waals surface area (Å²) in [6, 6.07) is 8.66. The highest BCUT2D eigenvalue weighted by Gasteiger charge is 2.39. The van der Waals surface area contributed by atoms with Crippen LogP contribution in [0.4, 0.5) is 0 Å². The van der Waals surface area contributed by atoms with Crippen LogP contribution in [0.15, 0.2) is 24.3 Å². The third-order valence-electron chi connectivity index (χ3n) is 5.66. The summed E-state index contributed by atoms with van der Waals surface area (Å²) in [4.78, 5) is 14.5. The number of benzene rings is 1. The van der Waals surface area contributed by atoms with E-state index >= 15 is 0 Å². The van der Waals surface area contributed by atoms with Gasteiger partial charge < -0.3 is 15.5 Å². The Morgan fingerprint density at radius 2 is 2.00 bits per heavy atom. The lowest BCUT2D eigenvalue weighted by atomic mass is 9.93. The number of carbonyl (C=O) groups excluding carboxylic acids is 1. The molecule has 1 atom stereocenters. The van der Waals surface area contributed by atoms with Gasteiger partial charge in [-0.15, -0.1) is 0 Å². The van der Waals surface area contributed by atoms with Gasteiger partial charge in [-0.1, -0.05) is 24.3 Å². The fourth-order valence-corrected chi connectivity index (χ4v) is 3.92. The van der Waals surface area contributed by atoms with E-state index in [4.69, 9.17) is 0 Å². The van der Waals surface area contributed by atoms with Crippen molar-refractivity contribution < 1.29 is 4.79 Å². The van der Waals surface area contributed by atoms with Gasteiger partial charge in [0.1, 0.15) is 0 Å². The molecule has 0 bridgehead atoms. The van der Waals surface area contributed by atoms with E-state index in [0.29, 0.717) is 12.3 Å². The first kappa shape index (κ1) is 16.5. The van der Waals surface area contributed by atoms with E-state index in [0.717, 1.165) is 38.9 Å². The molecule has 1 heterocycles. The van der Waals surface area contributed by atoms with Gasteiger partial charge in [0, 0.05) is 18.5 Å². The van der Waals surface area contributed by atoms with Crippen LogP contribution in [0, 0.1) is 5.92 Å². The smallest absolute Gasteiger partial charge is 0.220 e. The van der Waals surface area contributed by atoms with E-state index in [1.165, 1.54) is 17.5 Å². The third-order valence-corrected chi connectivity index (χ3v) is 5.66. The van der Waals surface area contributed by atoms with Crippen LogP contribution in [-0.4, -0.2) is 50.1 Å². The molecule has 2 N–H and O–H groups in total. The van der Waals surface area contributed by atoms with Crippen LogP contribution in [0.3, 0.4) is 0 Å². The quantitative estimate of drug-likeness (QED) is 0.838. The van der Waals surface area contributed by atoms with Crippen molar-refractivity contribution in [2.75, 3.05) is 33.7 Å². The number of nitrogens with one attached hydrogen (secondary N) is 2. The maximum absolute atomic E-state index is 12.2. The van der Waals surface area contributed by atoms with E-state index in [9.17, 15) is 4.79 Å². The number of hydrogen-bond acceptors (Lipinski definition) is 3. The summed E-state index contributed by atoms with van der Waals surface area (Å²) < 4.78 is 0. The van der Waals surface area contributed by atoms with Crippen molar-refractivity contribution in [3.63, 3.8) is 0 Å². The lowest BCUT2D eigenvalue weighted by Crippen LogP contribution is -2.53. The molecule has 1 unspecified atom stereocenters. The van der Waals surface area contributed by atoms with E-state index in [1.54, 1.807) is 0 Å². The predicted octanol–water partition coefficient (Wildman–Crippen LogP) is 1.59. The van der Waals surface area contributed by atoms with Gasteiger partial charge in [0.2, 0.25) is 5.91 Å². The van der Waals surface area contributed by atoms with Gasteiger partial charge in [-0.3, -0.25) is 4.79 Å². The van der Waals surface area contributed by atoms with Crippen LogP contribution in [0.2, 0.25) is 0 Å². The topological polar surface area (TPSA) is 44.4 Å². The molecule has 0 radical (unpaired) electrons. The Kier molecular flexibility index (Phi) is 5.02. The molecule has 2 aliphatic rings. The first-order valence-electron chi connectivity index (χ1n) is 8.81. The van der Waals surface area contributed by atoms with Crippen LogP contribution >= 0.6 is 0 Å². The number of nitrogens with zero attached hydrogens (tertiary/aromatic N) is 1. The van der Waals surface area contributed by atoms with E-state index in [2.05, 4.69) is 53.9 Å². The zero-order valence-corrected chi connectivity index (χ0v) is 14.4. The fourth-order valence-electron chi connectivity index (χ4n) is 3.92. The second-order valence-corrected chi connectivity index (χ2v) is 7.42. The van der Waals surface area contributed by atoms with E-state index in [-0.39, 0.29) is 11.4 Å². The number of rotatable bonds is 6. The van der Waals surface area contributed by atoms with Crippen molar-refractivity contribution in [3.8, 4) is 0 Å². The molecule has 0 spiro atoms. The Morgan fingerprint density at radius 1 is 1.30 bits per heavy atom. The van der Waals surface area contributed by atoms with Gasteiger partial charge in [-0.05, 0) is 69.9 Å². The SMILES string of the molecule is CN(C)C1(CNC(=O)CCC2CCNC2)Cc2ccccc2C1. The normalized spacial score (nSPS) is 22.3. The number of fused-ring (bicyclic) bond motifs is 1. The summed E-state index contributed by atoms with van der Waals surface area (Å²) in [7, 11) is 4.25. The molecule has 1 aliphatic heterocycles. The predicted molar refractivity (Wildman–Crippen MR) is 93.5 cm³/mol. The van der Waals surface area contributed by atoms with Gasteiger partial charge in [0.05, 0.1) is 0 Å². The van der Waals surface area contributed by atoms with Gasteiger partial charge in [-0.2, -0.15) is 0 Å². The molecule has 0 saturated carbocycles. The molecule has 3 rings (SSSR count). The van der Waals surface area contributed by atoms with Gasteiger partial charge >= 0.3 is 0 Å². The van der Waals surface area contributed by atoms with Crippen molar-refractivity contribution in [2.24, 2.45) is 5.92 Å². The van der Waals surface area contributed by atoms with E-state index in [1.807, 2.05) is 0 Å². The summed E-state index contributed by atoms with van der Waals surface area (Å²) in [5.74, 6) is 0.883. The number of hydrogen-bond donors (Lipinski definition) is 2. The molecule has 1 amide bonds. The van der Waals surface area contributed by atoms with Gasteiger partial charge in [0.15, 0.2) is 0 Å². The first-order chi connectivity index (χ1) is 11.1. The Morgan fingerprint density at radius 3 is 2.57 bits per heavy atom. The highest BCUT2D eigenvalue weighted by atomic mass is 16.1. The molecule has 4 heteroatoms. The Hall–Kier alpha value is -1.39. The van der Waals surface area contributed by atoms with Crippen molar-refractivity contribution in [3.05, 3.63) is 35.4 Å². The van der Waals surface area contributed by atoms with Crippen LogP contribution in [-0.2, 0) is 17.6 Å². The molecule has 126 valence electrons. The molecular weight excluding hydrogens is 286 g/mol. The van der Waals surface area contributed by atoms with Crippen LogP contribution in [0.5, 0.6) is 0 Å². The monoisotopic (exact) mass is 315 g/mol. The fraction of sp³-hybridized carbons (Fsp3) is 0.632. The second kappa shape index (κ2) is 7.02. The van der Waals surface area contributed by atoms with Crippen LogP contribution in [0.25, 0.3) is 0 Å². The number of carbonyl (C=O) groups is 1. The highest BCUT2D eigenvalue weighted by Crippen LogP contribution is 2.33. The maximum Gasteiger partial charge on any atom is 0.220 e. The Bertz CT molecular complexity index is 524. The zero-order chi connectivity index (χ0) is 16.3. The average Bonchev–Trinajstić information content (AvgIpc) is 3.18. The molecule has 1 aliphatic carbocycles. The van der Waals surface area contributed by atoms with Gasteiger partial charge in [0.25, 0.3) is 0 Å². The summed E-state index contributed by atoms with van der Waals surface area (Å²) >= 11 is 0. The molecule has 1 fully saturated rings. The minimum Gasteiger partial charge on any atom is -0.354 e. The molecule has 4 nitrogen and oxygen atoms in total. The maximum atomic E-state index is 12.2. The first-order valence-corrected chi connectivity index (χ1v) is 8.81. The highest BCUT2D eigenvalue weighted by molar-refractivity contribution is 5.76. The van der Waals surface area contributed by atoms with Crippen molar-refractivity contribution >= 4 is 5.91 Å². The standard InChI is InChI=1S/C19H29N3O/c1-22(2)19(11-16-5-3-4-6-17(16)12-19)14-21-18(23)8-7-15-9-10-20-13-15/h3-6,15,20H,7-14H2,1-2H3,(H,21,23). The lowest BCUT2D eigenvalue weighted by Gasteiger charge is -2.36. The minimum absolute atomic E-state index is 0.0221. The van der Waals surface area contributed by atoms with Crippen molar-refractivity contribution in [1.29, 1.82) is 0 Å². The molecule has 23 heavy (non-hydrogen) atoms. The zero-order valence-electron chi connectivity index (χ0n) is 14.4. The number of likely N-dealkylation sites (N-methyl/N-ethyl adjacent to an activating group) is 1. The van der Waals surface area contributed by atoms with Crippen LogP contribution in [0.1, 0.15) is 30.4 Å². The summed E-state index contributed by atoms with van der Waals surface area (Å²) in [5, 5.41) is 6.57. The Balaban J connectivity index is 1.53. The third kappa shape index (κ3) is 3.75. The summed E-state index contributed by atoms with van der Waals surface area (Å²) in [6.07, 6.45) is 4.91. The molecule has 1 saturated heterocycles. The largest absolute Gasteiger partial charge is 0.354 e. The van der Waals surface area contributed by atoms with Crippen molar-refractivity contribution in [1.82, 2.24) is 15.5 Å². The molecule has 1 aromatic carbocycles. The summed E-state index contributed by atoms with van der Waals surface area (Å²) in [6.45, 7) is 2.91. The summed E-state index contributed by atoms with van der Waals surface area (Å²) in [5.41, 5.74) is 2.87. The Labute approximate surface area is 139 Å². The molecule has 0 aromatic heterocycles. The van der Waals surface area contributed by atoms with Crippen molar-refractivity contribution in [2.45, 2.75) is 37.6 Å². The second-order valence-electron chi connectivity index (χ2n) is 7.42.